The molecule has 0 aliphatic carbocycles. The lowest BCUT2D eigenvalue weighted by Crippen LogP contribution is -2.59. The second-order valence-corrected chi connectivity index (χ2v) is 4.53. The first-order valence-corrected chi connectivity index (χ1v) is 6.11. The number of carbonyl (C=O) groups excluding carboxylic acids is 2. The SMILES string of the molecule is NC(=O)C1COCCN1C(=O)[C@H]1CCCCN1. The maximum absolute atomic E-state index is 12.3. The van der Waals surface area contributed by atoms with Gasteiger partial charge in [-0.05, 0) is 19.4 Å². The lowest BCUT2D eigenvalue weighted by molar-refractivity contribution is -0.149. The third-order valence-electron chi connectivity index (χ3n) is 3.35. The first kappa shape index (κ1) is 12.3. The van der Waals surface area contributed by atoms with E-state index < -0.39 is 11.9 Å². The fraction of sp³-hybridized carbons (Fsp3) is 0.818. The highest BCUT2D eigenvalue weighted by Gasteiger charge is 2.35. The van der Waals surface area contributed by atoms with Gasteiger partial charge in [0.15, 0.2) is 0 Å². The largest absolute Gasteiger partial charge is 0.377 e. The molecule has 2 heterocycles. The highest BCUT2D eigenvalue weighted by atomic mass is 16.5. The number of hydrogen-bond donors (Lipinski definition) is 2. The predicted molar refractivity (Wildman–Crippen MR) is 61.2 cm³/mol. The molecule has 0 aromatic rings. The Labute approximate surface area is 100 Å². The Morgan fingerprint density at radius 1 is 1.35 bits per heavy atom. The van der Waals surface area contributed by atoms with Crippen molar-refractivity contribution in [1.29, 1.82) is 0 Å². The Bertz CT molecular complexity index is 302. The highest BCUT2D eigenvalue weighted by Crippen LogP contribution is 2.14. The number of nitrogens with two attached hydrogens (primary N) is 1. The number of piperidine rings is 1. The van der Waals surface area contributed by atoms with Gasteiger partial charge in [-0.3, -0.25) is 9.59 Å². The lowest BCUT2D eigenvalue weighted by atomic mass is 10.0. The summed E-state index contributed by atoms with van der Waals surface area (Å²) in [5.74, 6) is -0.509. The molecule has 2 aliphatic rings. The Morgan fingerprint density at radius 2 is 2.18 bits per heavy atom. The fourth-order valence-corrected chi connectivity index (χ4v) is 2.37. The molecule has 6 heteroatoms. The van der Waals surface area contributed by atoms with Gasteiger partial charge in [-0.2, -0.15) is 0 Å². The number of carbonyl (C=O) groups is 2. The van der Waals surface area contributed by atoms with Crippen molar-refractivity contribution in [3.63, 3.8) is 0 Å². The predicted octanol–water partition coefficient (Wildman–Crippen LogP) is -1.16. The van der Waals surface area contributed by atoms with Crippen LogP contribution in [0, 0.1) is 0 Å². The molecule has 6 nitrogen and oxygen atoms in total. The standard InChI is InChI=1S/C11H19N3O3/c12-10(15)9-7-17-6-5-14(9)11(16)8-3-1-2-4-13-8/h8-9,13H,1-7H2,(H2,12,15)/t8-,9?/m1/s1. The maximum Gasteiger partial charge on any atom is 0.242 e. The molecular weight excluding hydrogens is 222 g/mol. The van der Waals surface area contributed by atoms with Crippen molar-refractivity contribution in [3.05, 3.63) is 0 Å². The molecule has 2 aliphatic heterocycles. The second kappa shape index (κ2) is 5.46. The van der Waals surface area contributed by atoms with Gasteiger partial charge >= 0.3 is 0 Å². The van der Waals surface area contributed by atoms with E-state index in [0.717, 1.165) is 25.8 Å². The van der Waals surface area contributed by atoms with Gasteiger partial charge in [-0.1, -0.05) is 6.42 Å². The first-order valence-electron chi connectivity index (χ1n) is 6.11. The summed E-state index contributed by atoms with van der Waals surface area (Å²) in [5.41, 5.74) is 5.29. The fourth-order valence-electron chi connectivity index (χ4n) is 2.37. The number of rotatable bonds is 2. The number of nitrogens with one attached hydrogen (secondary N) is 1. The van der Waals surface area contributed by atoms with Crippen LogP contribution in [0.15, 0.2) is 0 Å². The molecule has 0 aromatic carbocycles. The summed E-state index contributed by atoms with van der Waals surface area (Å²) < 4.78 is 5.20. The zero-order chi connectivity index (χ0) is 12.3. The molecule has 2 fully saturated rings. The number of ether oxygens (including phenoxy) is 1. The van der Waals surface area contributed by atoms with Crippen LogP contribution in [-0.2, 0) is 14.3 Å². The van der Waals surface area contributed by atoms with E-state index in [4.69, 9.17) is 10.5 Å². The van der Waals surface area contributed by atoms with Crippen LogP contribution in [0.2, 0.25) is 0 Å². The number of amides is 2. The van der Waals surface area contributed by atoms with Crippen LogP contribution in [0.4, 0.5) is 0 Å². The number of primary amides is 1. The Kier molecular flexibility index (Phi) is 3.96. The summed E-state index contributed by atoms with van der Waals surface area (Å²) in [5, 5.41) is 3.19. The molecule has 0 saturated carbocycles. The normalized spacial score (nSPS) is 30.0. The quantitative estimate of drug-likeness (QED) is 0.639. The molecule has 2 amide bonds. The van der Waals surface area contributed by atoms with E-state index in [0.29, 0.717) is 13.2 Å². The molecule has 96 valence electrons. The first-order chi connectivity index (χ1) is 8.20. The van der Waals surface area contributed by atoms with Crippen LogP contribution >= 0.6 is 0 Å². The zero-order valence-electron chi connectivity index (χ0n) is 9.85. The topological polar surface area (TPSA) is 84.7 Å². The summed E-state index contributed by atoms with van der Waals surface area (Å²) in [6.45, 7) is 2.00. The van der Waals surface area contributed by atoms with Crippen LogP contribution in [-0.4, -0.2) is 55.1 Å². The summed E-state index contributed by atoms with van der Waals surface area (Å²) in [7, 11) is 0. The molecule has 3 N–H and O–H groups in total. The van der Waals surface area contributed by atoms with Crippen molar-refractivity contribution in [2.45, 2.75) is 31.3 Å². The summed E-state index contributed by atoms with van der Waals surface area (Å²) in [4.78, 5) is 25.1. The monoisotopic (exact) mass is 241 g/mol. The highest BCUT2D eigenvalue weighted by molar-refractivity contribution is 5.89. The third kappa shape index (κ3) is 2.76. The van der Waals surface area contributed by atoms with Crippen molar-refractivity contribution in [2.24, 2.45) is 5.73 Å². The smallest absolute Gasteiger partial charge is 0.242 e. The third-order valence-corrected chi connectivity index (χ3v) is 3.35. The lowest BCUT2D eigenvalue weighted by Gasteiger charge is -2.37. The average Bonchev–Trinajstić information content (AvgIpc) is 2.39. The molecule has 17 heavy (non-hydrogen) atoms. The molecule has 0 radical (unpaired) electrons. The van der Waals surface area contributed by atoms with Crippen molar-refractivity contribution in [2.75, 3.05) is 26.3 Å². The Morgan fingerprint density at radius 3 is 2.82 bits per heavy atom. The van der Waals surface area contributed by atoms with Gasteiger partial charge in [0.25, 0.3) is 0 Å². The molecule has 2 saturated heterocycles. The van der Waals surface area contributed by atoms with Gasteiger partial charge in [0.05, 0.1) is 19.3 Å². The van der Waals surface area contributed by atoms with E-state index in [-0.39, 0.29) is 18.6 Å². The summed E-state index contributed by atoms with van der Waals surface area (Å²) in [6.07, 6.45) is 2.99. The minimum Gasteiger partial charge on any atom is -0.377 e. The van der Waals surface area contributed by atoms with Crippen LogP contribution in [0.25, 0.3) is 0 Å². The van der Waals surface area contributed by atoms with Gasteiger partial charge in [0.1, 0.15) is 6.04 Å². The van der Waals surface area contributed by atoms with Crippen molar-refractivity contribution >= 4 is 11.8 Å². The van der Waals surface area contributed by atoms with E-state index >= 15 is 0 Å². The van der Waals surface area contributed by atoms with E-state index in [1.807, 2.05) is 0 Å². The minimum absolute atomic E-state index is 0.0169. The van der Waals surface area contributed by atoms with Crippen molar-refractivity contribution < 1.29 is 14.3 Å². The van der Waals surface area contributed by atoms with Gasteiger partial charge in [0, 0.05) is 6.54 Å². The maximum atomic E-state index is 12.3. The van der Waals surface area contributed by atoms with Crippen LogP contribution < -0.4 is 11.1 Å². The van der Waals surface area contributed by atoms with E-state index in [9.17, 15) is 9.59 Å². The average molecular weight is 241 g/mol. The number of nitrogens with zero attached hydrogens (tertiary/aromatic N) is 1. The molecule has 2 atom stereocenters. The molecule has 0 aromatic heterocycles. The Balaban J connectivity index is 2.02. The van der Waals surface area contributed by atoms with Crippen LogP contribution in [0.1, 0.15) is 19.3 Å². The zero-order valence-corrected chi connectivity index (χ0v) is 9.85. The van der Waals surface area contributed by atoms with Gasteiger partial charge in [-0.25, -0.2) is 0 Å². The van der Waals surface area contributed by atoms with Crippen molar-refractivity contribution in [1.82, 2.24) is 10.2 Å². The molecule has 0 spiro atoms. The Hall–Kier alpha value is -1.14. The summed E-state index contributed by atoms with van der Waals surface area (Å²) in [6, 6.07) is -0.774. The molecule has 0 bridgehead atoms. The number of morpholine rings is 1. The van der Waals surface area contributed by atoms with Crippen molar-refractivity contribution in [3.8, 4) is 0 Å². The van der Waals surface area contributed by atoms with E-state index in [1.54, 1.807) is 4.90 Å². The number of hydrogen-bond acceptors (Lipinski definition) is 4. The minimum atomic E-state index is -0.611. The van der Waals surface area contributed by atoms with Gasteiger partial charge < -0.3 is 20.7 Å². The second-order valence-electron chi connectivity index (χ2n) is 4.53. The molecule has 1 unspecified atom stereocenters. The van der Waals surface area contributed by atoms with Gasteiger partial charge in [0.2, 0.25) is 11.8 Å². The van der Waals surface area contributed by atoms with Crippen LogP contribution in [0.3, 0.4) is 0 Å². The molecular formula is C11H19N3O3. The van der Waals surface area contributed by atoms with E-state index in [1.165, 1.54) is 0 Å². The summed E-state index contributed by atoms with van der Waals surface area (Å²) >= 11 is 0. The van der Waals surface area contributed by atoms with Gasteiger partial charge in [-0.15, -0.1) is 0 Å². The van der Waals surface area contributed by atoms with E-state index in [2.05, 4.69) is 5.32 Å². The van der Waals surface area contributed by atoms with Crippen LogP contribution in [0.5, 0.6) is 0 Å². The molecule has 2 rings (SSSR count).